The van der Waals surface area contributed by atoms with Crippen LogP contribution in [0.15, 0.2) is 16.8 Å². The Labute approximate surface area is 49.1 Å². The van der Waals surface area contributed by atoms with Crippen LogP contribution in [0.4, 0.5) is 0 Å². The number of aliphatic imine (C=N–C) groups is 1. The number of hydrogen-bond acceptors (Lipinski definition) is 2. The SMILES string of the molecule is C#CN=C/C(C)=C\N. The second-order valence-corrected chi connectivity index (χ2v) is 1.30. The molecule has 2 N–H and O–H groups in total. The number of rotatable bonds is 1. The fourth-order valence-corrected chi connectivity index (χ4v) is 0.182. The van der Waals surface area contributed by atoms with E-state index in [2.05, 4.69) is 11.0 Å². The Bertz CT molecular complexity index is 148. The van der Waals surface area contributed by atoms with Crippen molar-refractivity contribution < 1.29 is 0 Å². The van der Waals surface area contributed by atoms with Crippen molar-refractivity contribution in [3.8, 4) is 12.5 Å². The summed E-state index contributed by atoms with van der Waals surface area (Å²) in [5.41, 5.74) is 5.95. The summed E-state index contributed by atoms with van der Waals surface area (Å²) in [5.74, 6) is 0. The summed E-state index contributed by atoms with van der Waals surface area (Å²) in [6.07, 6.45) is 7.79. The van der Waals surface area contributed by atoms with Crippen molar-refractivity contribution in [2.75, 3.05) is 0 Å². The number of hydrogen-bond donors (Lipinski definition) is 1. The second-order valence-electron chi connectivity index (χ2n) is 1.30. The molecule has 0 aromatic heterocycles. The molecule has 0 aromatic rings. The minimum absolute atomic E-state index is 0.864. The molecule has 0 aliphatic heterocycles. The van der Waals surface area contributed by atoms with E-state index in [4.69, 9.17) is 12.2 Å². The van der Waals surface area contributed by atoms with Crippen LogP contribution >= 0.6 is 0 Å². The van der Waals surface area contributed by atoms with Gasteiger partial charge < -0.3 is 5.73 Å². The summed E-state index contributed by atoms with van der Waals surface area (Å²) < 4.78 is 0. The predicted molar refractivity (Wildman–Crippen MR) is 35.3 cm³/mol. The summed E-state index contributed by atoms with van der Waals surface area (Å²) in [6, 6.07) is 2.11. The van der Waals surface area contributed by atoms with Gasteiger partial charge in [0, 0.05) is 12.3 Å². The van der Waals surface area contributed by atoms with Crippen LogP contribution < -0.4 is 5.73 Å². The van der Waals surface area contributed by atoms with Crippen LogP contribution in [0, 0.1) is 12.5 Å². The fraction of sp³-hybridized carbons (Fsp3) is 0.167. The number of nitrogens with two attached hydrogens (primary N) is 1. The minimum Gasteiger partial charge on any atom is -0.404 e. The van der Waals surface area contributed by atoms with E-state index in [1.165, 1.54) is 12.4 Å². The highest BCUT2D eigenvalue weighted by Gasteiger charge is 1.73. The highest BCUT2D eigenvalue weighted by molar-refractivity contribution is 5.78. The molecule has 0 rings (SSSR count). The Hall–Kier alpha value is -1.23. The van der Waals surface area contributed by atoms with Crippen molar-refractivity contribution in [1.82, 2.24) is 0 Å². The van der Waals surface area contributed by atoms with E-state index in [9.17, 15) is 0 Å². The van der Waals surface area contributed by atoms with Gasteiger partial charge in [-0.25, -0.2) is 4.99 Å². The molecule has 0 fully saturated rings. The Kier molecular flexibility index (Phi) is 3.34. The molecular weight excluding hydrogens is 100 g/mol. The molecule has 0 atom stereocenters. The highest BCUT2D eigenvalue weighted by Crippen LogP contribution is 1.80. The Balaban J connectivity index is 3.75. The largest absolute Gasteiger partial charge is 0.404 e. The average molecular weight is 108 g/mol. The van der Waals surface area contributed by atoms with Crippen LogP contribution in [0.5, 0.6) is 0 Å². The number of allylic oxidation sites excluding steroid dienone is 1. The van der Waals surface area contributed by atoms with Gasteiger partial charge in [0.15, 0.2) is 0 Å². The average Bonchev–Trinajstić information content (AvgIpc) is 1.83. The first kappa shape index (κ1) is 6.77. The van der Waals surface area contributed by atoms with Gasteiger partial charge in [0.1, 0.15) is 0 Å². The molecule has 0 aromatic carbocycles. The molecule has 8 heavy (non-hydrogen) atoms. The molecule has 2 nitrogen and oxygen atoms in total. The van der Waals surface area contributed by atoms with Crippen molar-refractivity contribution in [3.63, 3.8) is 0 Å². The van der Waals surface area contributed by atoms with E-state index in [0.717, 1.165) is 5.57 Å². The third-order valence-corrected chi connectivity index (χ3v) is 0.606. The van der Waals surface area contributed by atoms with Gasteiger partial charge in [-0.15, -0.1) is 0 Å². The molecule has 0 saturated carbocycles. The molecular formula is C6H8N2. The Morgan fingerprint density at radius 3 is 2.88 bits per heavy atom. The van der Waals surface area contributed by atoms with Gasteiger partial charge >= 0.3 is 0 Å². The van der Waals surface area contributed by atoms with E-state index in [1.807, 2.05) is 6.92 Å². The molecule has 0 radical (unpaired) electrons. The van der Waals surface area contributed by atoms with Crippen LogP contribution in [0.25, 0.3) is 0 Å². The first-order valence-corrected chi connectivity index (χ1v) is 2.18. The first-order valence-electron chi connectivity index (χ1n) is 2.18. The summed E-state index contributed by atoms with van der Waals surface area (Å²) >= 11 is 0. The highest BCUT2D eigenvalue weighted by atomic mass is 14.6. The lowest BCUT2D eigenvalue weighted by Crippen LogP contribution is -1.83. The van der Waals surface area contributed by atoms with Crippen molar-refractivity contribution in [1.29, 1.82) is 0 Å². The summed E-state index contributed by atoms with van der Waals surface area (Å²) in [5, 5.41) is 0. The molecule has 0 aliphatic carbocycles. The number of terminal acetylenes is 1. The van der Waals surface area contributed by atoms with Gasteiger partial charge in [-0.05, 0) is 18.7 Å². The van der Waals surface area contributed by atoms with Gasteiger partial charge in [-0.3, -0.25) is 0 Å². The standard InChI is InChI=1S/C6H8N2/c1-3-8-5-6(2)4-7/h1,4-5H,7H2,2H3/b6-4-,8-5?. The van der Waals surface area contributed by atoms with E-state index in [0.29, 0.717) is 0 Å². The van der Waals surface area contributed by atoms with E-state index < -0.39 is 0 Å². The lowest BCUT2D eigenvalue weighted by Gasteiger charge is -1.80. The monoisotopic (exact) mass is 108 g/mol. The predicted octanol–water partition coefficient (Wildman–Crippen LogP) is 0.510. The quantitative estimate of drug-likeness (QED) is 0.385. The number of nitrogens with zero attached hydrogens (tertiary/aromatic N) is 1. The maximum atomic E-state index is 5.09. The fourth-order valence-electron chi connectivity index (χ4n) is 0.182. The van der Waals surface area contributed by atoms with Gasteiger partial charge in [-0.1, -0.05) is 6.42 Å². The summed E-state index contributed by atoms with van der Waals surface area (Å²) in [6.45, 7) is 1.82. The summed E-state index contributed by atoms with van der Waals surface area (Å²) in [4.78, 5) is 3.50. The summed E-state index contributed by atoms with van der Waals surface area (Å²) in [7, 11) is 0. The van der Waals surface area contributed by atoms with Crippen molar-refractivity contribution in [2.45, 2.75) is 6.92 Å². The van der Waals surface area contributed by atoms with Gasteiger partial charge in [0.2, 0.25) is 0 Å². The van der Waals surface area contributed by atoms with Gasteiger partial charge in [0.05, 0.1) is 0 Å². The molecule has 0 bridgehead atoms. The zero-order chi connectivity index (χ0) is 6.41. The first-order chi connectivity index (χ1) is 3.81. The van der Waals surface area contributed by atoms with Crippen molar-refractivity contribution >= 4 is 6.21 Å². The van der Waals surface area contributed by atoms with E-state index in [-0.39, 0.29) is 0 Å². The molecule has 2 heteroatoms. The van der Waals surface area contributed by atoms with Crippen molar-refractivity contribution in [2.24, 2.45) is 10.7 Å². The minimum atomic E-state index is 0.864. The molecule has 0 aliphatic rings. The molecule has 0 heterocycles. The molecule has 0 amide bonds. The van der Waals surface area contributed by atoms with E-state index >= 15 is 0 Å². The second kappa shape index (κ2) is 3.94. The Morgan fingerprint density at radius 1 is 1.88 bits per heavy atom. The smallest absolute Gasteiger partial charge is 0.0418 e. The molecule has 0 spiro atoms. The molecule has 42 valence electrons. The normalized spacial score (nSPS) is 11.8. The molecule has 0 saturated heterocycles. The van der Waals surface area contributed by atoms with Crippen LogP contribution in [0.3, 0.4) is 0 Å². The van der Waals surface area contributed by atoms with Crippen molar-refractivity contribution in [3.05, 3.63) is 11.8 Å². The lowest BCUT2D eigenvalue weighted by molar-refractivity contribution is 1.48. The maximum Gasteiger partial charge on any atom is 0.0418 e. The Morgan fingerprint density at radius 2 is 2.50 bits per heavy atom. The topological polar surface area (TPSA) is 38.4 Å². The van der Waals surface area contributed by atoms with Crippen LogP contribution in [0.2, 0.25) is 0 Å². The van der Waals surface area contributed by atoms with Crippen LogP contribution in [-0.4, -0.2) is 6.21 Å². The molecule has 0 unspecified atom stereocenters. The maximum absolute atomic E-state index is 5.09. The van der Waals surface area contributed by atoms with Gasteiger partial charge in [-0.2, -0.15) is 0 Å². The van der Waals surface area contributed by atoms with Crippen LogP contribution in [0.1, 0.15) is 6.92 Å². The zero-order valence-electron chi connectivity index (χ0n) is 4.76. The van der Waals surface area contributed by atoms with Crippen LogP contribution in [-0.2, 0) is 0 Å². The third kappa shape index (κ3) is 2.98. The third-order valence-electron chi connectivity index (χ3n) is 0.606. The van der Waals surface area contributed by atoms with E-state index in [1.54, 1.807) is 0 Å². The lowest BCUT2D eigenvalue weighted by atomic mass is 10.4. The zero-order valence-corrected chi connectivity index (χ0v) is 4.76. The van der Waals surface area contributed by atoms with Gasteiger partial charge in [0.25, 0.3) is 0 Å².